The summed E-state index contributed by atoms with van der Waals surface area (Å²) in [6, 6.07) is 9.01. The van der Waals surface area contributed by atoms with Crippen molar-refractivity contribution in [2.24, 2.45) is 0 Å². The van der Waals surface area contributed by atoms with E-state index in [-0.39, 0.29) is 5.41 Å². The minimum absolute atomic E-state index is 0.213. The average Bonchev–Trinajstić information content (AvgIpc) is 2.18. The molecule has 0 aliphatic rings. The van der Waals surface area contributed by atoms with Crippen LogP contribution in [0.3, 0.4) is 0 Å². The maximum atomic E-state index is 3.24. The molecule has 1 rings (SSSR count). The van der Waals surface area contributed by atoms with Crippen molar-refractivity contribution in [1.29, 1.82) is 0 Å². The molecule has 0 unspecified atom stereocenters. The Bertz CT molecular complexity index is 296. The minimum Gasteiger partial charge on any atom is -0.319 e. The second-order valence-corrected chi connectivity index (χ2v) is 5.19. The summed E-state index contributed by atoms with van der Waals surface area (Å²) in [4.78, 5) is 0. The molecule has 0 saturated carbocycles. The van der Waals surface area contributed by atoms with Crippen LogP contribution in [0, 0.1) is 0 Å². The molecule has 0 aliphatic heterocycles. The van der Waals surface area contributed by atoms with E-state index < -0.39 is 0 Å². The molecule has 1 heteroatoms. The SMILES string of the molecule is CNCC(C)(C)c1ccc(C(C)C)cc1. The van der Waals surface area contributed by atoms with Gasteiger partial charge in [-0.2, -0.15) is 0 Å². The summed E-state index contributed by atoms with van der Waals surface area (Å²) in [5.41, 5.74) is 3.03. The van der Waals surface area contributed by atoms with Gasteiger partial charge in [-0.1, -0.05) is 52.0 Å². The monoisotopic (exact) mass is 205 g/mol. The third kappa shape index (κ3) is 3.07. The van der Waals surface area contributed by atoms with E-state index in [4.69, 9.17) is 0 Å². The number of rotatable bonds is 4. The summed E-state index contributed by atoms with van der Waals surface area (Å²) in [7, 11) is 2.00. The predicted octanol–water partition coefficient (Wildman–Crippen LogP) is 3.31. The van der Waals surface area contributed by atoms with Crippen molar-refractivity contribution < 1.29 is 0 Å². The lowest BCUT2D eigenvalue weighted by Gasteiger charge is -2.25. The van der Waals surface area contributed by atoms with Crippen LogP contribution in [0.4, 0.5) is 0 Å². The van der Waals surface area contributed by atoms with Crippen LogP contribution in [-0.2, 0) is 5.41 Å². The van der Waals surface area contributed by atoms with E-state index in [0.29, 0.717) is 5.92 Å². The maximum Gasteiger partial charge on any atom is 0.00401 e. The van der Waals surface area contributed by atoms with Gasteiger partial charge in [0.15, 0.2) is 0 Å². The Kier molecular flexibility index (Phi) is 3.92. The van der Waals surface area contributed by atoms with Gasteiger partial charge < -0.3 is 5.32 Å². The summed E-state index contributed by atoms with van der Waals surface area (Å²) in [5, 5.41) is 3.24. The van der Waals surface area contributed by atoms with Crippen molar-refractivity contribution in [2.75, 3.05) is 13.6 Å². The van der Waals surface area contributed by atoms with Crippen LogP contribution >= 0.6 is 0 Å². The highest BCUT2D eigenvalue weighted by Gasteiger charge is 2.19. The standard InChI is InChI=1S/C14H23N/c1-11(2)12-6-8-13(9-7-12)14(3,4)10-15-5/h6-9,11,15H,10H2,1-5H3. The van der Waals surface area contributed by atoms with Gasteiger partial charge in [-0.15, -0.1) is 0 Å². The predicted molar refractivity (Wildman–Crippen MR) is 67.5 cm³/mol. The van der Waals surface area contributed by atoms with Gasteiger partial charge in [0.1, 0.15) is 0 Å². The molecule has 0 saturated heterocycles. The Labute approximate surface area is 93.9 Å². The number of hydrogen-bond acceptors (Lipinski definition) is 1. The van der Waals surface area contributed by atoms with Crippen LogP contribution in [0.2, 0.25) is 0 Å². The maximum absolute atomic E-state index is 3.24. The molecule has 0 aliphatic carbocycles. The fourth-order valence-electron chi connectivity index (χ4n) is 1.86. The normalized spacial score (nSPS) is 12.1. The second-order valence-electron chi connectivity index (χ2n) is 5.19. The van der Waals surface area contributed by atoms with E-state index in [2.05, 4.69) is 57.3 Å². The smallest absolute Gasteiger partial charge is 0.00401 e. The van der Waals surface area contributed by atoms with E-state index in [9.17, 15) is 0 Å². The molecule has 0 heterocycles. The zero-order chi connectivity index (χ0) is 11.5. The summed E-state index contributed by atoms with van der Waals surface area (Å²) >= 11 is 0. The number of likely N-dealkylation sites (N-methyl/N-ethyl adjacent to an activating group) is 1. The van der Waals surface area contributed by atoms with Gasteiger partial charge in [-0.25, -0.2) is 0 Å². The van der Waals surface area contributed by atoms with Crippen molar-refractivity contribution in [3.05, 3.63) is 35.4 Å². The van der Waals surface area contributed by atoms with Crippen molar-refractivity contribution >= 4 is 0 Å². The molecule has 0 aromatic heterocycles. The van der Waals surface area contributed by atoms with Crippen molar-refractivity contribution in [1.82, 2.24) is 5.32 Å². The molecule has 0 bridgehead atoms. The van der Waals surface area contributed by atoms with Crippen LogP contribution in [0.25, 0.3) is 0 Å². The number of hydrogen-bond donors (Lipinski definition) is 1. The van der Waals surface area contributed by atoms with Crippen LogP contribution < -0.4 is 5.32 Å². The van der Waals surface area contributed by atoms with Crippen molar-refractivity contribution in [2.45, 2.75) is 39.0 Å². The molecule has 0 atom stereocenters. The highest BCUT2D eigenvalue weighted by molar-refractivity contribution is 5.29. The summed E-state index contributed by atoms with van der Waals surface area (Å²) in [6.07, 6.45) is 0. The molecular weight excluding hydrogens is 182 g/mol. The highest BCUT2D eigenvalue weighted by atomic mass is 14.8. The van der Waals surface area contributed by atoms with Crippen LogP contribution in [0.1, 0.15) is 44.7 Å². The first-order chi connectivity index (χ1) is 6.97. The molecule has 84 valence electrons. The highest BCUT2D eigenvalue weighted by Crippen LogP contribution is 2.24. The number of benzene rings is 1. The van der Waals surface area contributed by atoms with Gasteiger partial charge >= 0.3 is 0 Å². The molecule has 1 aromatic carbocycles. The van der Waals surface area contributed by atoms with Crippen molar-refractivity contribution in [3.8, 4) is 0 Å². The Hall–Kier alpha value is -0.820. The first kappa shape index (κ1) is 12.3. The first-order valence-corrected chi connectivity index (χ1v) is 5.72. The summed E-state index contributed by atoms with van der Waals surface area (Å²) < 4.78 is 0. The van der Waals surface area contributed by atoms with Gasteiger partial charge in [-0.05, 0) is 24.1 Å². The molecule has 0 spiro atoms. The molecule has 1 nitrogen and oxygen atoms in total. The summed E-state index contributed by atoms with van der Waals surface area (Å²) in [6.45, 7) is 10.0. The molecule has 1 aromatic rings. The molecule has 0 amide bonds. The Morgan fingerprint density at radius 1 is 1.13 bits per heavy atom. The third-order valence-corrected chi connectivity index (χ3v) is 2.98. The second kappa shape index (κ2) is 4.80. The first-order valence-electron chi connectivity index (χ1n) is 5.72. The lowest BCUT2D eigenvalue weighted by Crippen LogP contribution is -2.30. The van der Waals surface area contributed by atoms with E-state index >= 15 is 0 Å². The molecule has 15 heavy (non-hydrogen) atoms. The summed E-state index contributed by atoms with van der Waals surface area (Å²) in [5.74, 6) is 0.617. The topological polar surface area (TPSA) is 12.0 Å². The Morgan fingerprint density at radius 3 is 2.07 bits per heavy atom. The van der Waals surface area contributed by atoms with E-state index in [1.54, 1.807) is 0 Å². The zero-order valence-corrected chi connectivity index (χ0v) is 10.6. The van der Waals surface area contributed by atoms with Crippen LogP contribution in [0.15, 0.2) is 24.3 Å². The van der Waals surface area contributed by atoms with E-state index in [1.807, 2.05) is 7.05 Å². The molecule has 1 N–H and O–H groups in total. The van der Waals surface area contributed by atoms with Gasteiger partial charge in [0.05, 0.1) is 0 Å². The lowest BCUT2D eigenvalue weighted by atomic mass is 9.83. The molecule has 0 radical (unpaired) electrons. The van der Waals surface area contributed by atoms with E-state index in [1.165, 1.54) is 11.1 Å². The lowest BCUT2D eigenvalue weighted by molar-refractivity contribution is 0.494. The third-order valence-electron chi connectivity index (χ3n) is 2.98. The Morgan fingerprint density at radius 2 is 1.67 bits per heavy atom. The average molecular weight is 205 g/mol. The van der Waals surface area contributed by atoms with Crippen molar-refractivity contribution in [3.63, 3.8) is 0 Å². The molecular formula is C14H23N. The largest absolute Gasteiger partial charge is 0.319 e. The fourth-order valence-corrected chi connectivity index (χ4v) is 1.86. The fraction of sp³-hybridized carbons (Fsp3) is 0.571. The van der Waals surface area contributed by atoms with Gasteiger partial charge in [0, 0.05) is 12.0 Å². The molecule has 0 fully saturated rings. The number of nitrogens with one attached hydrogen (secondary N) is 1. The van der Waals surface area contributed by atoms with Gasteiger partial charge in [-0.3, -0.25) is 0 Å². The van der Waals surface area contributed by atoms with E-state index in [0.717, 1.165) is 6.54 Å². The van der Waals surface area contributed by atoms with Gasteiger partial charge in [0.25, 0.3) is 0 Å². The zero-order valence-electron chi connectivity index (χ0n) is 10.6. The Balaban J connectivity index is 2.88. The van der Waals surface area contributed by atoms with Crippen LogP contribution in [0.5, 0.6) is 0 Å². The quantitative estimate of drug-likeness (QED) is 0.795. The minimum atomic E-state index is 0.213. The van der Waals surface area contributed by atoms with Gasteiger partial charge in [0.2, 0.25) is 0 Å². The van der Waals surface area contributed by atoms with Crippen LogP contribution in [-0.4, -0.2) is 13.6 Å².